The summed E-state index contributed by atoms with van der Waals surface area (Å²) >= 11 is 0. The Bertz CT molecular complexity index is 801. The average molecular weight is 358 g/mol. The number of piperazine rings is 1. The molecule has 1 saturated heterocycles. The minimum Gasteiger partial charge on any atom is -0.333 e. The minimum absolute atomic E-state index is 0.114. The topological polar surface area (TPSA) is 50.2 Å². The normalized spacial score (nSPS) is 18.8. The van der Waals surface area contributed by atoms with E-state index in [4.69, 9.17) is 0 Å². The van der Waals surface area contributed by atoms with Crippen molar-refractivity contribution in [2.24, 2.45) is 13.0 Å². The zero-order valence-corrected chi connectivity index (χ0v) is 15.9. The molecule has 1 aromatic carbocycles. The van der Waals surface area contributed by atoms with Gasteiger partial charge in [0, 0.05) is 38.3 Å². The standard InChI is InChI=1S/C20H27FN4O/c1-13(10-18-14(2)23-24(4)15(18)3)20(26)25-9-8-22-12-19(25)16-6-5-7-17(21)11-16/h5-7,11,13,19,22H,8-10,12H2,1-4H3. The summed E-state index contributed by atoms with van der Waals surface area (Å²) in [5.41, 5.74) is 4.06. The van der Waals surface area contributed by atoms with E-state index >= 15 is 0 Å². The third-order valence-electron chi connectivity index (χ3n) is 5.35. The second kappa shape index (κ2) is 7.58. The van der Waals surface area contributed by atoms with Crippen molar-refractivity contribution >= 4 is 5.91 Å². The van der Waals surface area contributed by atoms with E-state index in [1.807, 2.05) is 43.5 Å². The predicted molar refractivity (Wildman–Crippen MR) is 99.3 cm³/mol. The van der Waals surface area contributed by atoms with Crippen LogP contribution in [-0.4, -0.2) is 40.2 Å². The van der Waals surface area contributed by atoms with Gasteiger partial charge in [-0.3, -0.25) is 9.48 Å². The van der Waals surface area contributed by atoms with Crippen molar-refractivity contribution in [3.63, 3.8) is 0 Å². The van der Waals surface area contributed by atoms with Gasteiger partial charge in [-0.1, -0.05) is 19.1 Å². The molecule has 0 bridgehead atoms. The van der Waals surface area contributed by atoms with Gasteiger partial charge < -0.3 is 10.2 Å². The van der Waals surface area contributed by atoms with Gasteiger partial charge in [0.25, 0.3) is 0 Å². The second-order valence-electron chi connectivity index (χ2n) is 7.18. The lowest BCUT2D eigenvalue weighted by Crippen LogP contribution is -2.50. The molecule has 0 aliphatic carbocycles. The summed E-state index contributed by atoms with van der Waals surface area (Å²) in [7, 11) is 1.93. The van der Waals surface area contributed by atoms with Gasteiger partial charge >= 0.3 is 0 Å². The summed E-state index contributed by atoms with van der Waals surface area (Å²) < 4.78 is 15.5. The SMILES string of the molecule is Cc1nn(C)c(C)c1CC(C)C(=O)N1CCNCC1c1cccc(F)c1. The molecule has 3 rings (SSSR count). The molecule has 1 amide bonds. The maximum atomic E-state index is 13.7. The summed E-state index contributed by atoms with van der Waals surface area (Å²) in [6.07, 6.45) is 0.671. The Morgan fingerprint density at radius 1 is 1.42 bits per heavy atom. The van der Waals surface area contributed by atoms with E-state index in [1.54, 1.807) is 6.07 Å². The van der Waals surface area contributed by atoms with Gasteiger partial charge in [-0.2, -0.15) is 5.10 Å². The number of aryl methyl sites for hydroxylation is 2. The van der Waals surface area contributed by atoms with Gasteiger partial charge in [-0.15, -0.1) is 0 Å². The summed E-state index contributed by atoms with van der Waals surface area (Å²) in [5.74, 6) is -0.302. The first-order valence-electron chi connectivity index (χ1n) is 9.14. The third-order valence-corrected chi connectivity index (χ3v) is 5.35. The molecular weight excluding hydrogens is 331 g/mol. The molecule has 1 aliphatic rings. The molecule has 2 atom stereocenters. The van der Waals surface area contributed by atoms with E-state index in [2.05, 4.69) is 10.4 Å². The highest BCUT2D eigenvalue weighted by molar-refractivity contribution is 5.79. The number of carbonyl (C=O) groups is 1. The fourth-order valence-electron chi connectivity index (χ4n) is 3.77. The number of hydrogen-bond donors (Lipinski definition) is 1. The largest absolute Gasteiger partial charge is 0.333 e. The van der Waals surface area contributed by atoms with Gasteiger partial charge in [-0.25, -0.2) is 4.39 Å². The van der Waals surface area contributed by atoms with Crippen LogP contribution in [0.1, 0.15) is 35.5 Å². The van der Waals surface area contributed by atoms with Gasteiger partial charge in [0.05, 0.1) is 11.7 Å². The minimum atomic E-state index is -0.268. The highest BCUT2D eigenvalue weighted by atomic mass is 19.1. The van der Waals surface area contributed by atoms with Crippen LogP contribution >= 0.6 is 0 Å². The molecule has 6 heteroatoms. The fourth-order valence-corrected chi connectivity index (χ4v) is 3.77. The maximum absolute atomic E-state index is 13.7. The molecule has 1 aromatic heterocycles. The van der Waals surface area contributed by atoms with E-state index in [0.29, 0.717) is 19.5 Å². The van der Waals surface area contributed by atoms with Gasteiger partial charge in [0.15, 0.2) is 0 Å². The molecule has 2 heterocycles. The zero-order chi connectivity index (χ0) is 18.8. The molecular formula is C20H27FN4O. The predicted octanol–water partition coefficient (Wildman–Crippen LogP) is 2.53. The molecule has 26 heavy (non-hydrogen) atoms. The number of benzene rings is 1. The van der Waals surface area contributed by atoms with Crippen molar-refractivity contribution in [1.82, 2.24) is 20.0 Å². The molecule has 2 aromatic rings. The zero-order valence-electron chi connectivity index (χ0n) is 15.9. The number of rotatable bonds is 4. The molecule has 0 saturated carbocycles. The first-order valence-corrected chi connectivity index (χ1v) is 9.14. The van der Waals surface area contributed by atoms with Crippen LogP contribution in [0.2, 0.25) is 0 Å². The number of nitrogens with one attached hydrogen (secondary N) is 1. The van der Waals surface area contributed by atoms with Crippen molar-refractivity contribution in [2.75, 3.05) is 19.6 Å². The number of amides is 1. The van der Waals surface area contributed by atoms with Gasteiger partial charge in [0.2, 0.25) is 5.91 Å². The van der Waals surface area contributed by atoms with Crippen molar-refractivity contribution in [1.29, 1.82) is 0 Å². The Morgan fingerprint density at radius 3 is 2.85 bits per heavy atom. The molecule has 2 unspecified atom stereocenters. The molecule has 0 radical (unpaired) electrons. The Morgan fingerprint density at radius 2 is 2.19 bits per heavy atom. The van der Waals surface area contributed by atoms with Crippen LogP contribution in [0.25, 0.3) is 0 Å². The van der Waals surface area contributed by atoms with Crippen molar-refractivity contribution in [2.45, 2.75) is 33.2 Å². The third kappa shape index (κ3) is 3.65. The van der Waals surface area contributed by atoms with Crippen LogP contribution in [0.4, 0.5) is 4.39 Å². The first-order chi connectivity index (χ1) is 12.4. The second-order valence-corrected chi connectivity index (χ2v) is 7.18. The van der Waals surface area contributed by atoms with Crippen LogP contribution < -0.4 is 5.32 Å². The number of carbonyl (C=O) groups excluding carboxylic acids is 1. The Hall–Kier alpha value is -2.21. The molecule has 1 aliphatic heterocycles. The van der Waals surface area contributed by atoms with Crippen molar-refractivity contribution < 1.29 is 9.18 Å². The summed E-state index contributed by atoms with van der Waals surface area (Å²) in [5, 5.41) is 7.77. The van der Waals surface area contributed by atoms with Crippen LogP contribution in [0, 0.1) is 25.6 Å². The number of halogens is 1. The number of aromatic nitrogens is 2. The lowest BCUT2D eigenvalue weighted by atomic mass is 9.95. The van der Waals surface area contributed by atoms with Crippen LogP contribution in [-0.2, 0) is 18.3 Å². The summed E-state index contributed by atoms with van der Waals surface area (Å²) in [6, 6.07) is 6.42. The van der Waals surface area contributed by atoms with E-state index in [-0.39, 0.29) is 23.7 Å². The Kier molecular flexibility index (Phi) is 5.41. The first kappa shape index (κ1) is 18.6. The van der Waals surface area contributed by atoms with E-state index in [9.17, 15) is 9.18 Å². The van der Waals surface area contributed by atoms with E-state index in [0.717, 1.165) is 29.1 Å². The molecule has 140 valence electrons. The molecule has 1 fully saturated rings. The highest BCUT2D eigenvalue weighted by Gasteiger charge is 2.31. The average Bonchev–Trinajstić information content (AvgIpc) is 2.87. The number of nitrogens with zero attached hydrogens (tertiary/aromatic N) is 3. The maximum Gasteiger partial charge on any atom is 0.226 e. The van der Waals surface area contributed by atoms with Crippen LogP contribution in [0.3, 0.4) is 0 Å². The summed E-state index contributed by atoms with van der Waals surface area (Å²) in [6.45, 7) is 8.03. The van der Waals surface area contributed by atoms with Gasteiger partial charge in [-0.05, 0) is 43.5 Å². The molecule has 5 nitrogen and oxygen atoms in total. The van der Waals surface area contributed by atoms with Crippen molar-refractivity contribution in [3.05, 3.63) is 52.6 Å². The lowest BCUT2D eigenvalue weighted by Gasteiger charge is -2.38. The molecule has 0 spiro atoms. The van der Waals surface area contributed by atoms with Crippen LogP contribution in [0.5, 0.6) is 0 Å². The van der Waals surface area contributed by atoms with Gasteiger partial charge in [0.1, 0.15) is 5.82 Å². The van der Waals surface area contributed by atoms with Crippen LogP contribution in [0.15, 0.2) is 24.3 Å². The monoisotopic (exact) mass is 358 g/mol. The van der Waals surface area contributed by atoms with E-state index < -0.39 is 0 Å². The van der Waals surface area contributed by atoms with Crippen molar-refractivity contribution in [3.8, 4) is 0 Å². The fraction of sp³-hybridized carbons (Fsp3) is 0.500. The Labute approximate surface area is 154 Å². The lowest BCUT2D eigenvalue weighted by molar-refractivity contribution is -0.138. The summed E-state index contributed by atoms with van der Waals surface area (Å²) in [4.78, 5) is 15.1. The highest BCUT2D eigenvalue weighted by Crippen LogP contribution is 2.26. The molecule has 1 N–H and O–H groups in total. The quantitative estimate of drug-likeness (QED) is 0.914. The van der Waals surface area contributed by atoms with E-state index in [1.165, 1.54) is 12.1 Å². The Balaban J connectivity index is 1.79. The smallest absolute Gasteiger partial charge is 0.226 e. The number of hydrogen-bond acceptors (Lipinski definition) is 3.